The van der Waals surface area contributed by atoms with Crippen molar-refractivity contribution in [3.05, 3.63) is 54.6 Å². The summed E-state index contributed by atoms with van der Waals surface area (Å²) in [5, 5.41) is 2.78. The van der Waals surface area contributed by atoms with Crippen molar-refractivity contribution in [2.75, 3.05) is 18.2 Å². The second-order valence-electron chi connectivity index (χ2n) is 8.55. The maximum absolute atomic E-state index is 12.5. The number of primary amides is 1. The SMILES string of the molecule is CC(C)(C)N(C(N)=O)[C@@H](CCC(=O)Nc1ccc(Oc2ccccc2)cc1)COS(C)(=O)=O. The number of benzene rings is 2. The number of urea groups is 1. The minimum absolute atomic E-state index is 0.0277. The van der Waals surface area contributed by atoms with E-state index in [-0.39, 0.29) is 25.4 Å². The van der Waals surface area contributed by atoms with E-state index in [1.807, 2.05) is 30.3 Å². The first kappa shape index (κ1) is 26.1. The van der Waals surface area contributed by atoms with Crippen LogP contribution < -0.4 is 15.8 Å². The number of carbonyl (C=O) groups is 2. The Morgan fingerprint density at radius 2 is 1.61 bits per heavy atom. The lowest BCUT2D eigenvalue weighted by molar-refractivity contribution is -0.116. The third-order valence-electron chi connectivity index (χ3n) is 4.62. The van der Waals surface area contributed by atoms with E-state index in [9.17, 15) is 18.0 Å². The van der Waals surface area contributed by atoms with Crippen LogP contribution in [0.25, 0.3) is 0 Å². The van der Waals surface area contributed by atoms with Crippen LogP contribution in [0.2, 0.25) is 0 Å². The molecule has 0 saturated carbocycles. The summed E-state index contributed by atoms with van der Waals surface area (Å²) >= 11 is 0. The summed E-state index contributed by atoms with van der Waals surface area (Å²) in [6.45, 7) is 5.01. The second kappa shape index (κ2) is 11.2. The van der Waals surface area contributed by atoms with Crippen LogP contribution in [0, 0.1) is 0 Å². The fourth-order valence-electron chi connectivity index (χ4n) is 3.30. The molecule has 0 aliphatic rings. The fraction of sp³-hybridized carbons (Fsp3) is 0.391. The molecule has 3 amide bonds. The Morgan fingerprint density at radius 1 is 1.03 bits per heavy atom. The average molecular weight is 478 g/mol. The largest absolute Gasteiger partial charge is 0.457 e. The molecule has 0 aliphatic carbocycles. The zero-order valence-corrected chi connectivity index (χ0v) is 20.1. The molecule has 0 heterocycles. The van der Waals surface area contributed by atoms with Crippen LogP contribution in [0.15, 0.2) is 54.6 Å². The van der Waals surface area contributed by atoms with Gasteiger partial charge in [-0.05, 0) is 63.6 Å². The smallest absolute Gasteiger partial charge is 0.315 e. The number of ether oxygens (including phenoxy) is 1. The zero-order chi connectivity index (χ0) is 24.6. The van der Waals surface area contributed by atoms with Crippen LogP contribution in [0.3, 0.4) is 0 Å². The Morgan fingerprint density at radius 3 is 2.12 bits per heavy atom. The summed E-state index contributed by atoms with van der Waals surface area (Å²) in [4.78, 5) is 25.9. The topological polar surface area (TPSA) is 128 Å². The van der Waals surface area contributed by atoms with E-state index in [4.69, 9.17) is 14.7 Å². The minimum Gasteiger partial charge on any atom is -0.457 e. The quantitative estimate of drug-likeness (QED) is 0.502. The number of nitrogens with one attached hydrogen (secondary N) is 1. The number of amides is 3. The molecule has 0 fully saturated rings. The number of carbonyl (C=O) groups excluding carboxylic acids is 2. The maximum atomic E-state index is 12.5. The molecule has 3 N–H and O–H groups in total. The van der Waals surface area contributed by atoms with Gasteiger partial charge in [0.15, 0.2) is 0 Å². The van der Waals surface area contributed by atoms with Crippen molar-refractivity contribution < 1.29 is 26.9 Å². The van der Waals surface area contributed by atoms with Gasteiger partial charge in [0.1, 0.15) is 11.5 Å². The second-order valence-corrected chi connectivity index (χ2v) is 10.2. The van der Waals surface area contributed by atoms with Gasteiger partial charge >= 0.3 is 6.03 Å². The lowest BCUT2D eigenvalue weighted by atomic mass is 10.0. The lowest BCUT2D eigenvalue weighted by Crippen LogP contribution is -2.55. The third-order valence-corrected chi connectivity index (χ3v) is 5.19. The van der Waals surface area contributed by atoms with Crippen LogP contribution in [0.1, 0.15) is 33.6 Å². The molecular weight excluding hydrogens is 446 g/mol. The van der Waals surface area contributed by atoms with Crippen molar-refractivity contribution in [1.82, 2.24) is 4.90 Å². The highest BCUT2D eigenvalue weighted by Crippen LogP contribution is 2.24. The van der Waals surface area contributed by atoms with Gasteiger partial charge in [0.2, 0.25) is 5.91 Å². The molecule has 0 aromatic heterocycles. The third kappa shape index (κ3) is 9.11. The van der Waals surface area contributed by atoms with E-state index < -0.39 is 27.7 Å². The van der Waals surface area contributed by atoms with Crippen LogP contribution in [0.5, 0.6) is 11.5 Å². The average Bonchev–Trinajstić information content (AvgIpc) is 2.70. The lowest BCUT2D eigenvalue weighted by Gasteiger charge is -2.40. The first-order valence-electron chi connectivity index (χ1n) is 10.4. The molecule has 0 unspecified atom stereocenters. The minimum atomic E-state index is -3.73. The first-order chi connectivity index (χ1) is 15.3. The van der Waals surface area contributed by atoms with Gasteiger partial charge in [0, 0.05) is 17.6 Å². The summed E-state index contributed by atoms with van der Waals surface area (Å²) in [5.74, 6) is 1.03. The van der Waals surface area contributed by atoms with Crippen LogP contribution >= 0.6 is 0 Å². The van der Waals surface area contributed by atoms with Crippen molar-refractivity contribution in [2.45, 2.75) is 45.2 Å². The number of para-hydroxylation sites is 1. The van der Waals surface area contributed by atoms with E-state index >= 15 is 0 Å². The Kier molecular flexibility index (Phi) is 8.84. The molecule has 2 aromatic rings. The van der Waals surface area contributed by atoms with Crippen molar-refractivity contribution in [1.29, 1.82) is 0 Å². The Hall–Kier alpha value is -3.11. The fourth-order valence-corrected chi connectivity index (χ4v) is 3.70. The van der Waals surface area contributed by atoms with E-state index in [1.165, 1.54) is 4.90 Å². The molecule has 1 atom stereocenters. The molecule has 0 aliphatic heterocycles. The molecular formula is C23H31N3O6S. The zero-order valence-electron chi connectivity index (χ0n) is 19.3. The molecule has 0 bridgehead atoms. The summed E-state index contributed by atoms with van der Waals surface area (Å²) < 4.78 is 33.5. The maximum Gasteiger partial charge on any atom is 0.315 e. The van der Waals surface area contributed by atoms with Gasteiger partial charge in [0.25, 0.3) is 10.1 Å². The van der Waals surface area contributed by atoms with Crippen LogP contribution in [-0.2, 0) is 19.1 Å². The molecule has 0 saturated heterocycles. The van der Waals surface area contributed by atoms with Gasteiger partial charge in [-0.25, -0.2) is 4.79 Å². The van der Waals surface area contributed by atoms with Gasteiger partial charge in [0.05, 0.1) is 18.9 Å². The molecule has 10 heteroatoms. The predicted molar refractivity (Wildman–Crippen MR) is 127 cm³/mol. The monoisotopic (exact) mass is 477 g/mol. The number of hydrogen-bond acceptors (Lipinski definition) is 6. The Labute approximate surface area is 195 Å². The molecule has 2 rings (SSSR count). The summed E-state index contributed by atoms with van der Waals surface area (Å²) in [6.07, 6.45) is 1.12. The van der Waals surface area contributed by atoms with Crippen molar-refractivity contribution >= 4 is 27.7 Å². The van der Waals surface area contributed by atoms with E-state index in [2.05, 4.69) is 5.32 Å². The van der Waals surface area contributed by atoms with Gasteiger partial charge in [-0.1, -0.05) is 18.2 Å². The molecule has 9 nitrogen and oxygen atoms in total. The van der Waals surface area contributed by atoms with Crippen molar-refractivity contribution in [3.63, 3.8) is 0 Å². The molecule has 0 spiro atoms. The predicted octanol–water partition coefficient (Wildman–Crippen LogP) is 3.72. The van der Waals surface area contributed by atoms with Gasteiger partial charge in [-0.2, -0.15) is 8.42 Å². The summed E-state index contributed by atoms with van der Waals surface area (Å²) in [5.41, 5.74) is 5.42. The Bertz CT molecular complexity index is 1030. The first-order valence-corrected chi connectivity index (χ1v) is 12.2. The van der Waals surface area contributed by atoms with Crippen molar-refractivity contribution in [2.24, 2.45) is 5.73 Å². The molecule has 180 valence electrons. The van der Waals surface area contributed by atoms with Crippen molar-refractivity contribution in [3.8, 4) is 11.5 Å². The molecule has 33 heavy (non-hydrogen) atoms. The number of anilines is 1. The van der Waals surface area contributed by atoms with Gasteiger partial charge < -0.3 is 20.7 Å². The van der Waals surface area contributed by atoms with E-state index in [0.717, 1.165) is 6.26 Å². The van der Waals surface area contributed by atoms with Gasteiger partial charge in [-0.15, -0.1) is 0 Å². The number of hydrogen-bond donors (Lipinski definition) is 2. The van der Waals surface area contributed by atoms with Crippen LogP contribution in [-0.4, -0.2) is 49.7 Å². The van der Waals surface area contributed by atoms with Crippen LogP contribution in [0.4, 0.5) is 10.5 Å². The highest BCUT2D eigenvalue weighted by molar-refractivity contribution is 7.85. The highest BCUT2D eigenvalue weighted by Gasteiger charge is 2.33. The summed E-state index contributed by atoms with van der Waals surface area (Å²) in [6, 6.07) is 14.8. The number of nitrogens with two attached hydrogens (primary N) is 1. The normalized spacial score (nSPS) is 12.6. The number of rotatable bonds is 10. The van der Waals surface area contributed by atoms with E-state index in [0.29, 0.717) is 17.2 Å². The number of nitrogens with zero attached hydrogens (tertiary/aromatic N) is 1. The highest BCUT2D eigenvalue weighted by atomic mass is 32.2. The molecule has 0 radical (unpaired) electrons. The van der Waals surface area contributed by atoms with Gasteiger partial charge in [-0.3, -0.25) is 8.98 Å². The standard InChI is InChI=1S/C23H31N3O6S/c1-23(2,3)26(22(24)28)18(16-31-33(4,29)30)12-15-21(27)25-17-10-13-20(14-11-17)32-19-8-6-5-7-9-19/h5-11,13-14,18H,12,15-16H2,1-4H3,(H2,24,28)(H,25,27)/t18-/m0/s1. The Balaban J connectivity index is 2.00. The molecule has 2 aromatic carbocycles. The van der Waals surface area contributed by atoms with E-state index in [1.54, 1.807) is 45.0 Å². The summed E-state index contributed by atoms with van der Waals surface area (Å²) in [7, 11) is -3.73.